The summed E-state index contributed by atoms with van der Waals surface area (Å²) in [6.07, 6.45) is -0.803. The molecule has 0 saturated carbocycles. The minimum atomic E-state index is -0.720. The van der Waals surface area contributed by atoms with E-state index < -0.39 is 31.1 Å². The van der Waals surface area contributed by atoms with Crippen LogP contribution in [0, 0.1) is 0 Å². The summed E-state index contributed by atoms with van der Waals surface area (Å²) in [4.78, 5) is 13.2. The van der Waals surface area contributed by atoms with E-state index in [4.69, 9.17) is 9.47 Å². The molecule has 1 rings (SSSR count). The molecule has 1 N–H and O–H groups in total. The largest absolute Gasteiger partial charge is 0.444 e. The fourth-order valence-corrected chi connectivity index (χ4v) is 1.95. The van der Waals surface area contributed by atoms with Crippen molar-refractivity contribution in [2.75, 3.05) is 39.6 Å². The lowest BCUT2D eigenvalue weighted by Gasteiger charge is -2.36. The Labute approximate surface area is 118 Å². The van der Waals surface area contributed by atoms with Crippen LogP contribution in [0.1, 0.15) is 20.8 Å². The first-order valence-electron chi connectivity index (χ1n) is 6.80. The molecule has 0 aromatic rings. The lowest BCUT2D eigenvalue weighted by molar-refractivity contribution is -0.0487. The molecule has 0 aliphatic carbocycles. The molecule has 1 heterocycles. The number of carbonyl (C=O) groups is 1. The predicted molar refractivity (Wildman–Crippen MR) is 71.3 cm³/mol. The average Bonchev–Trinajstić information content (AvgIpc) is 2.36. The van der Waals surface area contributed by atoms with Crippen molar-refractivity contribution in [1.82, 2.24) is 10.2 Å². The number of amides is 1. The smallest absolute Gasteiger partial charge is 0.407 e. The van der Waals surface area contributed by atoms with Gasteiger partial charge in [-0.3, -0.25) is 4.90 Å². The monoisotopic (exact) mass is 294 g/mol. The second kappa shape index (κ2) is 7.73. The van der Waals surface area contributed by atoms with Crippen LogP contribution in [-0.2, 0) is 9.47 Å². The van der Waals surface area contributed by atoms with Crippen LogP contribution in [-0.4, -0.2) is 68.3 Å². The molecule has 1 aliphatic rings. The van der Waals surface area contributed by atoms with Crippen molar-refractivity contribution in [2.24, 2.45) is 0 Å². The van der Waals surface area contributed by atoms with Crippen LogP contribution in [0.25, 0.3) is 0 Å². The lowest BCUT2D eigenvalue weighted by Crippen LogP contribution is -2.52. The summed E-state index contributed by atoms with van der Waals surface area (Å²) in [5.74, 6) is 0. The van der Waals surface area contributed by atoms with Crippen LogP contribution in [0.15, 0.2) is 0 Å². The minimum absolute atomic E-state index is 0.261. The summed E-state index contributed by atoms with van der Waals surface area (Å²) in [7, 11) is 0. The molecule has 1 fully saturated rings. The molecule has 5 nitrogen and oxygen atoms in total. The zero-order chi connectivity index (χ0) is 15.2. The Bertz CT molecular complexity index is 306. The van der Waals surface area contributed by atoms with Gasteiger partial charge in [0.2, 0.25) is 0 Å². The highest BCUT2D eigenvalue weighted by atomic mass is 19.1. The van der Waals surface area contributed by atoms with Crippen molar-refractivity contribution < 1.29 is 23.0 Å². The fourth-order valence-electron chi connectivity index (χ4n) is 1.95. The van der Waals surface area contributed by atoms with Gasteiger partial charge >= 0.3 is 6.09 Å². The lowest BCUT2D eigenvalue weighted by atomic mass is 10.2. The third-order valence-corrected chi connectivity index (χ3v) is 2.92. The van der Waals surface area contributed by atoms with Gasteiger partial charge in [0, 0.05) is 19.6 Å². The Morgan fingerprint density at radius 2 is 2.10 bits per heavy atom. The maximum atomic E-state index is 12.7. The molecule has 1 unspecified atom stereocenters. The van der Waals surface area contributed by atoms with E-state index in [-0.39, 0.29) is 12.6 Å². The number of nitrogens with one attached hydrogen (secondary N) is 1. The molecule has 1 saturated heterocycles. The number of alkyl halides is 2. The number of nitrogens with zero attached hydrogens (tertiary/aromatic N) is 1. The number of alkyl carbamates (subject to hydrolysis) is 1. The Balaban J connectivity index is 2.35. The van der Waals surface area contributed by atoms with Crippen molar-refractivity contribution >= 4 is 6.09 Å². The maximum Gasteiger partial charge on any atom is 0.407 e. The first-order valence-corrected chi connectivity index (χ1v) is 6.80. The summed E-state index contributed by atoms with van der Waals surface area (Å²) < 4.78 is 35.9. The first kappa shape index (κ1) is 17.1. The topological polar surface area (TPSA) is 50.8 Å². The maximum absolute atomic E-state index is 12.7. The Hall–Kier alpha value is -0.950. The van der Waals surface area contributed by atoms with Gasteiger partial charge < -0.3 is 14.8 Å². The SMILES string of the molecule is CC(C)(C)OC(=O)NCC1CN(C(CF)CF)CCO1. The van der Waals surface area contributed by atoms with E-state index in [2.05, 4.69) is 5.32 Å². The summed E-state index contributed by atoms with van der Waals surface area (Å²) in [6, 6.07) is -0.720. The molecule has 118 valence electrons. The zero-order valence-corrected chi connectivity index (χ0v) is 12.3. The fraction of sp³-hybridized carbons (Fsp3) is 0.923. The van der Waals surface area contributed by atoms with E-state index in [0.717, 1.165) is 0 Å². The number of rotatable bonds is 5. The highest BCUT2D eigenvalue weighted by molar-refractivity contribution is 5.67. The Morgan fingerprint density at radius 3 is 2.65 bits per heavy atom. The quantitative estimate of drug-likeness (QED) is 0.835. The van der Waals surface area contributed by atoms with Crippen molar-refractivity contribution in [3.8, 4) is 0 Å². The molecule has 0 radical (unpaired) electrons. The van der Waals surface area contributed by atoms with E-state index in [1.807, 2.05) is 0 Å². The number of hydrogen-bond donors (Lipinski definition) is 1. The van der Waals surface area contributed by atoms with Crippen LogP contribution in [0.5, 0.6) is 0 Å². The zero-order valence-electron chi connectivity index (χ0n) is 12.3. The number of hydrogen-bond acceptors (Lipinski definition) is 4. The third kappa shape index (κ3) is 6.00. The van der Waals surface area contributed by atoms with Crippen LogP contribution in [0.4, 0.5) is 13.6 Å². The van der Waals surface area contributed by atoms with E-state index in [0.29, 0.717) is 19.7 Å². The van der Waals surface area contributed by atoms with E-state index in [9.17, 15) is 13.6 Å². The highest BCUT2D eigenvalue weighted by Gasteiger charge is 2.27. The molecule has 0 bridgehead atoms. The first-order chi connectivity index (χ1) is 9.35. The Morgan fingerprint density at radius 1 is 1.45 bits per heavy atom. The Kier molecular flexibility index (Phi) is 6.61. The van der Waals surface area contributed by atoms with Crippen molar-refractivity contribution in [1.29, 1.82) is 0 Å². The van der Waals surface area contributed by atoms with Gasteiger partial charge in [-0.25, -0.2) is 13.6 Å². The predicted octanol–water partition coefficient (Wildman–Crippen LogP) is 1.52. The summed E-state index contributed by atoms with van der Waals surface area (Å²) in [5.41, 5.74) is -0.558. The van der Waals surface area contributed by atoms with Gasteiger partial charge in [-0.2, -0.15) is 0 Å². The van der Waals surface area contributed by atoms with Gasteiger partial charge in [-0.1, -0.05) is 0 Å². The number of ether oxygens (including phenoxy) is 2. The van der Waals surface area contributed by atoms with Crippen LogP contribution < -0.4 is 5.32 Å². The van der Waals surface area contributed by atoms with E-state index >= 15 is 0 Å². The molecule has 1 atom stereocenters. The van der Waals surface area contributed by atoms with Crippen LogP contribution in [0.3, 0.4) is 0 Å². The normalized spacial score (nSPS) is 21.0. The molecular weight excluding hydrogens is 270 g/mol. The molecule has 1 amide bonds. The molecule has 20 heavy (non-hydrogen) atoms. The summed E-state index contributed by atoms with van der Waals surface area (Å²) in [5, 5.41) is 2.60. The molecule has 7 heteroatoms. The van der Waals surface area contributed by atoms with Gasteiger partial charge in [0.15, 0.2) is 0 Å². The van der Waals surface area contributed by atoms with E-state index in [1.165, 1.54) is 0 Å². The number of carbonyl (C=O) groups excluding carboxylic acids is 1. The number of morpholine rings is 1. The minimum Gasteiger partial charge on any atom is -0.444 e. The standard InChI is InChI=1S/C13H24F2N2O3/c1-13(2,3)20-12(18)16-8-11-9-17(4-5-19-11)10(6-14)7-15/h10-11H,4-9H2,1-3H3,(H,16,18). The van der Waals surface area contributed by atoms with Gasteiger partial charge in [-0.15, -0.1) is 0 Å². The third-order valence-electron chi connectivity index (χ3n) is 2.92. The molecule has 0 aromatic carbocycles. The average molecular weight is 294 g/mol. The molecule has 0 spiro atoms. The highest BCUT2D eigenvalue weighted by Crippen LogP contribution is 2.11. The van der Waals surface area contributed by atoms with Gasteiger partial charge in [0.25, 0.3) is 0 Å². The van der Waals surface area contributed by atoms with E-state index in [1.54, 1.807) is 25.7 Å². The van der Waals surface area contributed by atoms with Crippen LogP contribution in [0.2, 0.25) is 0 Å². The van der Waals surface area contributed by atoms with Crippen molar-refractivity contribution in [2.45, 2.75) is 38.5 Å². The molecular formula is C13H24F2N2O3. The van der Waals surface area contributed by atoms with Crippen LogP contribution >= 0.6 is 0 Å². The van der Waals surface area contributed by atoms with Gasteiger partial charge in [0.05, 0.1) is 18.8 Å². The second-order valence-electron chi connectivity index (χ2n) is 5.83. The van der Waals surface area contributed by atoms with Crippen molar-refractivity contribution in [3.63, 3.8) is 0 Å². The summed E-state index contributed by atoms with van der Waals surface area (Å²) >= 11 is 0. The molecule has 1 aliphatic heterocycles. The number of halogens is 2. The second-order valence-corrected chi connectivity index (χ2v) is 5.83. The van der Waals surface area contributed by atoms with Gasteiger partial charge in [-0.05, 0) is 20.8 Å². The van der Waals surface area contributed by atoms with Crippen molar-refractivity contribution in [3.05, 3.63) is 0 Å². The summed E-state index contributed by atoms with van der Waals surface area (Å²) in [6.45, 7) is 5.45. The van der Waals surface area contributed by atoms with Gasteiger partial charge in [0.1, 0.15) is 19.0 Å². The molecule has 0 aromatic heterocycles.